The molecule has 0 radical (unpaired) electrons. The molecule has 0 unspecified atom stereocenters. The molecule has 342 valence electrons. The SMILES string of the molecule is c1ccc(-c2ccc(-c3ccc(N(c4ccccc4-c4cccc5c4oc4c6ccccc6ccc54)c4cccc5c4-c4ccccc4C5(c4ccccc4)c4ccccc4)cc3)cc2-c2ccccc2)cc1. The first-order valence-corrected chi connectivity index (χ1v) is 25.2. The first-order valence-electron chi connectivity index (χ1n) is 25.2. The lowest BCUT2D eigenvalue weighted by atomic mass is 9.68. The van der Waals surface area contributed by atoms with Crippen molar-refractivity contribution in [1.82, 2.24) is 0 Å². The van der Waals surface area contributed by atoms with Gasteiger partial charge < -0.3 is 9.32 Å². The number of hydrogen-bond acceptors (Lipinski definition) is 2. The summed E-state index contributed by atoms with van der Waals surface area (Å²) in [4.78, 5) is 2.49. The molecular weight excluding hydrogens is 883 g/mol. The van der Waals surface area contributed by atoms with Crippen LogP contribution in [0.1, 0.15) is 22.3 Å². The molecule has 0 saturated heterocycles. The number of anilines is 3. The molecule has 12 aromatic carbocycles. The molecule has 0 saturated carbocycles. The van der Waals surface area contributed by atoms with Crippen LogP contribution in [0, 0.1) is 0 Å². The van der Waals surface area contributed by atoms with E-state index in [-0.39, 0.29) is 0 Å². The van der Waals surface area contributed by atoms with Gasteiger partial charge in [-0.1, -0.05) is 249 Å². The molecular formula is C71H47NO. The summed E-state index contributed by atoms with van der Waals surface area (Å²) < 4.78 is 7.07. The molecule has 0 amide bonds. The van der Waals surface area contributed by atoms with E-state index in [1.54, 1.807) is 0 Å². The molecule has 1 aliphatic rings. The van der Waals surface area contributed by atoms with Gasteiger partial charge in [-0.15, -0.1) is 0 Å². The van der Waals surface area contributed by atoms with Crippen LogP contribution in [0.15, 0.2) is 290 Å². The highest BCUT2D eigenvalue weighted by atomic mass is 16.3. The Kier molecular flexibility index (Phi) is 10.1. The monoisotopic (exact) mass is 929 g/mol. The van der Waals surface area contributed by atoms with Gasteiger partial charge in [-0.3, -0.25) is 0 Å². The second-order valence-electron chi connectivity index (χ2n) is 19.1. The van der Waals surface area contributed by atoms with Gasteiger partial charge in [0.25, 0.3) is 0 Å². The van der Waals surface area contributed by atoms with Crippen molar-refractivity contribution in [2.24, 2.45) is 0 Å². The fourth-order valence-electron chi connectivity index (χ4n) is 12.0. The van der Waals surface area contributed by atoms with Gasteiger partial charge in [-0.25, -0.2) is 0 Å². The Bertz CT molecular complexity index is 4140. The predicted octanol–water partition coefficient (Wildman–Crippen LogP) is 19.2. The number of rotatable bonds is 9. The van der Waals surface area contributed by atoms with E-state index in [2.05, 4.69) is 290 Å². The maximum atomic E-state index is 7.07. The van der Waals surface area contributed by atoms with E-state index in [1.807, 2.05) is 0 Å². The van der Waals surface area contributed by atoms with Crippen LogP contribution in [0.5, 0.6) is 0 Å². The molecule has 1 aromatic heterocycles. The Balaban J connectivity index is 1.00. The number of nitrogens with zero attached hydrogens (tertiary/aromatic N) is 1. The highest BCUT2D eigenvalue weighted by molar-refractivity contribution is 6.18. The molecule has 0 bridgehead atoms. The molecule has 0 atom stereocenters. The molecule has 14 rings (SSSR count). The summed E-state index contributed by atoms with van der Waals surface area (Å²) in [6.07, 6.45) is 0. The quantitative estimate of drug-likeness (QED) is 0.143. The summed E-state index contributed by atoms with van der Waals surface area (Å²) >= 11 is 0. The fourth-order valence-corrected chi connectivity index (χ4v) is 12.0. The van der Waals surface area contributed by atoms with E-state index in [9.17, 15) is 0 Å². The normalized spacial score (nSPS) is 12.5. The third-order valence-electron chi connectivity index (χ3n) is 15.2. The van der Waals surface area contributed by atoms with Crippen LogP contribution in [-0.2, 0) is 5.41 Å². The van der Waals surface area contributed by atoms with Crippen molar-refractivity contribution < 1.29 is 4.42 Å². The van der Waals surface area contributed by atoms with E-state index >= 15 is 0 Å². The zero-order chi connectivity index (χ0) is 48.3. The Labute approximate surface area is 425 Å². The first-order chi connectivity index (χ1) is 36.2. The second-order valence-corrected chi connectivity index (χ2v) is 19.1. The van der Waals surface area contributed by atoms with Gasteiger partial charge in [0.1, 0.15) is 11.2 Å². The number of para-hydroxylation sites is 2. The highest BCUT2D eigenvalue weighted by Crippen LogP contribution is 2.60. The van der Waals surface area contributed by atoms with Crippen molar-refractivity contribution in [3.05, 3.63) is 307 Å². The summed E-state index contributed by atoms with van der Waals surface area (Å²) in [5.41, 5.74) is 21.1. The van der Waals surface area contributed by atoms with Crippen LogP contribution >= 0.6 is 0 Å². The first kappa shape index (κ1) is 42.4. The van der Waals surface area contributed by atoms with Crippen molar-refractivity contribution in [2.45, 2.75) is 5.41 Å². The highest BCUT2D eigenvalue weighted by Gasteiger charge is 2.47. The minimum atomic E-state index is -0.565. The van der Waals surface area contributed by atoms with Gasteiger partial charge in [0, 0.05) is 38.5 Å². The maximum Gasteiger partial charge on any atom is 0.143 e. The van der Waals surface area contributed by atoms with Gasteiger partial charge in [-0.2, -0.15) is 0 Å². The maximum absolute atomic E-state index is 7.07. The minimum Gasteiger partial charge on any atom is -0.455 e. The largest absolute Gasteiger partial charge is 0.455 e. The zero-order valence-corrected chi connectivity index (χ0v) is 40.0. The van der Waals surface area contributed by atoms with Crippen LogP contribution in [0.25, 0.3) is 88.3 Å². The van der Waals surface area contributed by atoms with Crippen LogP contribution in [0.3, 0.4) is 0 Å². The number of benzene rings is 12. The average Bonchev–Trinajstić information content (AvgIpc) is 4.04. The Morgan fingerprint density at radius 3 is 1.56 bits per heavy atom. The molecule has 1 aliphatic carbocycles. The summed E-state index contributed by atoms with van der Waals surface area (Å²) in [5.74, 6) is 0. The third-order valence-corrected chi connectivity index (χ3v) is 15.2. The van der Waals surface area contributed by atoms with Gasteiger partial charge in [-0.05, 0) is 103 Å². The van der Waals surface area contributed by atoms with E-state index in [0.29, 0.717) is 0 Å². The standard InChI is InChI=1S/C71H47NO/c1-5-21-49(22-6-1)56-45-42-52(47-63(56)50-23-7-2-8-24-50)48-39-43-55(44-40-48)72(66-37-18-16-31-58(66)59-33-19-34-60-61-46-41-51-25-13-14-30-57(51)69(61)73-70(59)60)67-38-20-36-65-68(67)62-32-15-17-35-64(62)71(65,53-26-9-3-10-27-53)54-28-11-4-12-29-54/h1-47H. The van der Waals surface area contributed by atoms with Gasteiger partial charge >= 0.3 is 0 Å². The van der Waals surface area contributed by atoms with E-state index in [4.69, 9.17) is 4.42 Å². The molecule has 73 heavy (non-hydrogen) atoms. The van der Waals surface area contributed by atoms with Crippen molar-refractivity contribution in [3.63, 3.8) is 0 Å². The fraction of sp³-hybridized carbons (Fsp3) is 0.0141. The molecule has 2 nitrogen and oxygen atoms in total. The van der Waals surface area contributed by atoms with Gasteiger partial charge in [0.2, 0.25) is 0 Å². The van der Waals surface area contributed by atoms with E-state index in [0.717, 1.165) is 72.0 Å². The van der Waals surface area contributed by atoms with Gasteiger partial charge in [0.15, 0.2) is 0 Å². The minimum absolute atomic E-state index is 0.565. The van der Waals surface area contributed by atoms with Crippen LogP contribution in [0.4, 0.5) is 17.1 Å². The Hall–Kier alpha value is -9.50. The van der Waals surface area contributed by atoms with Crippen molar-refractivity contribution >= 4 is 49.8 Å². The lowest BCUT2D eigenvalue weighted by Crippen LogP contribution is -2.28. The van der Waals surface area contributed by atoms with E-state index < -0.39 is 5.41 Å². The molecule has 0 fully saturated rings. The second kappa shape index (κ2) is 17.4. The van der Waals surface area contributed by atoms with Crippen molar-refractivity contribution in [3.8, 4) is 55.6 Å². The molecule has 13 aromatic rings. The Morgan fingerprint density at radius 1 is 0.288 bits per heavy atom. The lowest BCUT2D eigenvalue weighted by molar-refractivity contribution is 0.674. The summed E-state index contributed by atoms with van der Waals surface area (Å²) in [5, 5.41) is 4.49. The predicted molar refractivity (Wildman–Crippen MR) is 305 cm³/mol. The van der Waals surface area contributed by atoms with E-state index in [1.165, 1.54) is 55.6 Å². The topological polar surface area (TPSA) is 16.4 Å². The number of hydrogen-bond donors (Lipinski definition) is 0. The third kappa shape index (κ3) is 6.79. The van der Waals surface area contributed by atoms with Crippen LogP contribution in [0.2, 0.25) is 0 Å². The van der Waals surface area contributed by atoms with Crippen molar-refractivity contribution in [1.29, 1.82) is 0 Å². The summed E-state index contributed by atoms with van der Waals surface area (Å²) in [6, 6.07) is 104. The van der Waals surface area contributed by atoms with Gasteiger partial charge in [0.05, 0.1) is 16.8 Å². The molecule has 2 heteroatoms. The molecule has 0 N–H and O–H groups in total. The van der Waals surface area contributed by atoms with Crippen LogP contribution in [-0.4, -0.2) is 0 Å². The average molecular weight is 930 g/mol. The number of fused-ring (bicyclic) bond motifs is 8. The summed E-state index contributed by atoms with van der Waals surface area (Å²) in [6.45, 7) is 0. The number of furan rings is 1. The van der Waals surface area contributed by atoms with Crippen LogP contribution < -0.4 is 4.90 Å². The Morgan fingerprint density at radius 2 is 0.822 bits per heavy atom. The lowest BCUT2D eigenvalue weighted by Gasteiger charge is -2.34. The molecule has 0 aliphatic heterocycles. The zero-order valence-electron chi connectivity index (χ0n) is 40.0. The smallest absolute Gasteiger partial charge is 0.143 e. The molecule has 0 spiro atoms. The summed E-state index contributed by atoms with van der Waals surface area (Å²) in [7, 11) is 0. The molecule has 1 heterocycles. The van der Waals surface area contributed by atoms with Crippen molar-refractivity contribution in [2.75, 3.05) is 4.90 Å².